The molecule has 0 radical (unpaired) electrons. The number of likely N-dealkylation sites (tertiary alicyclic amines) is 1. The van der Waals surface area contributed by atoms with E-state index in [0.717, 1.165) is 6.07 Å². The molecule has 0 bridgehead atoms. The molecule has 1 N–H and O–H groups in total. The Balaban J connectivity index is 1.68. The molecule has 0 saturated carbocycles. The molecule has 8 heteroatoms. The van der Waals surface area contributed by atoms with E-state index < -0.39 is 11.6 Å². The summed E-state index contributed by atoms with van der Waals surface area (Å²) in [4.78, 5) is 18.4. The molecule has 0 spiro atoms. The lowest BCUT2D eigenvalue weighted by Gasteiger charge is -2.22. The van der Waals surface area contributed by atoms with Gasteiger partial charge in [-0.25, -0.2) is 13.8 Å². The van der Waals surface area contributed by atoms with Gasteiger partial charge in [0.15, 0.2) is 0 Å². The largest absolute Gasteiger partial charge is 0.380 e. The van der Waals surface area contributed by atoms with E-state index in [1.807, 2.05) is 0 Å². The molecule has 2 aromatic rings. The van der Waals surface area contributed by atoms with Gasteiger partial charge in [0, 0.05) is 32.6 Å². The van der Waals surface area contributed by atoms with E-state index in [1.54, 1.807) is 12.0 Å². The first-order valence-corrected chi connectivity index (χ1v) is 7.70. The van der Waals surface area contributed by atoms with Crippen LogP contribution in [0.25, 0.3) is 0 Å². The van der Waals surface area contributed by atoms with Crippen LogP contribution in [0.4, 0.5) is 8.78 Å². The molecule has 1 amide bonds. The number of carbonyl (C=O) groups excluding carboxylic acids is 1. The monoisotopic (exact) mass is 336 g/mol. The smallest absolute Gasteiger partial charge is 0.223 e. The van der Waals surface area contributed by atoms with E-state index in [-0.39, 0.29) is 30.9 Å². The molecule has 24 heavy (non-hydrogen) atoms. The topological polar surface area (TPSA) is 71.1 Å². The van der Waals surface area contributed by atoms with Crippen LogP contribution in [0.3, 0.4) is 0 Å². The summed E-state index contributed by atoms with van der Waals surface area (Å²) in [5, 5.41) is 6.61. The molecular formula is C16H18F2N4O2. The number of nitrogens with one attached hydrogen (secondary N) is 1. The Labute approximate surface area is 137 Å². The number of nitrogens with zero attached hydrogens (tertiary/aromatic N) is 3. The number of halogens is 2. The van der Waals surface area contributed by atoms with E-state index in [9.17, 15) is 13.6 Å². The predicted molar refractivity (Wildman–Crippen MR) is 80.9 cm³/mol. The second-order valence-corrected chi connectivity index (χ2v) is 5.76. The Bertz CT molecular complexity index is 708. The van der Waals surface area contributed by atoms with Gasteiger partial charge in [0.05, 0.1) is 12.1 Å². The van der Waals surface area contributed by atoms with Gasteiger partial charge < -0.3 is 9.64 Å². The SMILES string of the molecule is CO[C@@H]1C[C@@H](c2ncn[nH]2)N(C(=O)CCc2ccc(F)cc2F)C1. The van der Waals surface area contributed by atoms with Crippen molar-refractivity contribution in [2.24, 2.45) is 0 Å². The van der Waals surface area contributed by atoms with E-state index in [4.69, 9.17) is 4.74 Å². The van der Waals surface area contributed by atoms with E-state index >= 15 is 0 Å². The maximum absolute atomic E-state index is 13.7. The van der Waals surface area contributed by atoms with Gasteiger partial charge in [0.1, 0.15) is 23.8 Å². The van der Waals surface area contributed by atoms with E-state index in [1.165, 1.54) is 18.5 Å². The van der Waals surface area contributed by atoms with E-state index in [0.29, 0.717) is 24.4 Å². The summed E-state index contributed by atoms with van der Waals surface area (Å²) in [6.07, 6.45) is 2.28. The number of benzene rings is 1. The first kappa shape index (κ1) is 16.5. The molecule has 2 heterocycles. The van der Waals surface area contributed by atoms with Gasteiger partial charge in [-0.2, -0.15) is 5.10 Å². The molecule has 128 valence electrons. The first-order chi connectivity index (χ1) is 11.6. The average Bonchev–Trinajstić information content (AvgIpc) is 3.22. The van der Waals surface area contributed by atoms with Crippen LogP contribution in [-0.4, -0.2) is 45.7 Å². The Morgan fingerprint density at radius 1 is 1.46 bits per heavy atom. The number of methoxy groups -OCH3 is 1. The zero-order chi connectivity index (χ0) is 17.1. The molecule has 1 fully saturated rings. The highest BCUT2D eigenvalue weighted by atomic mass is 19.1. The molecule has 1 aromatic heterocycles. The van der Waals surface area contributed by atoms with Gasteiger partial charge in [0.25, 0.3) is 0 Å². The summed E-state index contributed by atoms with van der Waals surface area (Å²) in [7, 11) is 1.60. The van der Waals surface area contributed by atoms with Crippen molar-refractivity contribution in [2.75, 3.05) is 13.7 Å². The lowest BCUT2D eigenvalue weighted by atomic mass is 10.1. The van der Waals surface area contributed by atoms with Gasteiger partial charge in [-0.05, 0) is 18.1 Å². The van der Waals surface area contributed by atoms with Gasteiger partial charge in [0.2, 0.25) is 5.91 Å². The molecule has 2 atom stereocenters. The van der Waals surface area contributed by atoms with Crippen molar-refractivity contribution in [2.45, 2.75) is 31.4 Å². The number of carbonyl (C=O) groups is 1. The van der Waals surface area contributed by atoms with Crippen LogP contribution < -0.4 is 0 Å². The predicted octanol–water partition coefficient (Wildman–Crippen LogP) is 2.00. The number of hydrogen-bond donors (Lipinski definition) is 1. The maximum Gasteiger partial charge on any atom is 0.223 e. The maximum atomic E-state index is 13.7. The third kappa shape index (κ3) is 3.43. The van der Waals surface area contributed by atoms with Gasteiger partial charge in [-0.1, -0.05) is 6.07 Å². The molecular weight excluding hydrogens is 318 g/mol. The normalized spacial score (nSPS) is 20.5. The molecule has 1 aromatic carbocycles. The number of H-pyrrole nitrogens is 1. The molecule has 6 nitrogen and oxygen atoms in total. The Morgan fingerprint density at radius 3 is 2.96 bits per heavy atom. The highest BCUT2D eigenvalue weighted by Gasteiger charge is 2.37. The van der Waals surface area contributed by atoms with Crippen molar-refractivity contribution < 1.29 is 18.3 Å². The second-order valence-electron chi connectivity index (χ2n) is 5.76. The van der Waals surface area contributed by atoms with Gasteiger partial charge in [-0.15, -0.1) is 0 Å². The van der Waals surface area contributed by atoms with Crippen LogP contribution in [0, 0.1) is 11.6 Å². The lowest BCUT2D eigenvalue weighted by Crippen LogP contribution is -2.32. The van der Waals surface area contributed by atoms with Crippen molar-refractivity contribution >= 4 is 5.91 Å². The average molecular weight is 336 g/mol. The zero-order valence-electron chi connectivity index (χ0n) is 13.2. The standard InChI is InChI=1S/C16H18F2N4O2/c1-24-12-7-14(16-19-9-20-21-16)22(8-12)15(23)5-3-10-2-4-11(17)6-13(10)18/h2,4,6,9,12,14H,3,5,7-8H2,1H3,(H,19,20,21)/t12-,14+/m1/s1. The Kier molecular flexibility index (Phi) is 4.84. The van der Waals surface area contributed by atoms with Crippen LogP contribution in [0.1, 0.15) is 30.3 Å². The number of aromatic amines is 1. The van der Waals surface area contributed by atoms with Crippen molar-refractivity contribution in [1.29, 1.82) is 0 Å². The minimum atomic E-state index is -0.634. The molecule has 0 unspecified atom stereocenters. The van der Waals surface area contributed by atoms with Crippen molar-refractivity contribution in [3.8, 4) is 0 Å². The van der Waals surface area contributed by atoms with Gasteiger partial charge >= 0.3 is 0 Å². The summed E-state index contributed by atoms with van der Waals surface area (Å²) < 4.78 is 32.0. The molecule has 0 aliphatic carbocycles. The number of aromatic nitrogens is 3. The number of hydrogen-bond acceptors (Lipinski definition) is 4. The van der Waals surface area contributed by atoms with Crippen LogP contribution in [0.15, 0.2) is 24.5 Å². The zero-order valence-corrected chi connectivity index (χ0v) is 13.2. The first-order valence-electron chi connectivity index (χ1n) is 7.70. The Morgan fingerprint density at radius 2 is 2.29 bits per heavy atom. The number of rotatable bonds is 5. The fraction of sp³-hybridized carbons (Fsp3) is 0.438. The third-order valence-corrected chi connectivity index (χ3v) is 4.29. The van der Waals surface area contributed by atoms with Crippen molar-refractivity contribution in [3.05, 3.63) is 47.5 Å². The van der Waals surface area contributed by atoms with Crippen LogP contribution in [0.2, 0.25) is 0 Å². The molecule has 3 rings (SSSR count). The highest BCUT2D eigenvalue weighted by molar-refractivity contribution is 5.77. The summed E-state index contributed by atoms with van der Waals surface area (Å²) in [5.41, 5.74) is 0.323. The number of amides is 1. The van der Waals surface area contributed by atoms with Crippen molar-refractivity contribution in [1.82, 2.24) is 20.1 Å². The van der Waals surface area contributed by atoms with Crippen LogP contribution >= 0.6 is 0 Å². The fourth-order valence-electron chi connectivity index (χ4n) is 2.99. The minimum absolute atomic E-state index is 0.0772. The summed E-state index contributed by atoms with van der Waals surface area (Å²) >= 11 is 0. The van der Waals surface area contributed by atoms with Crippen LogP contribution in [0.5, 0.6) is 0 Å². The summed E-state index contributed by atoms with van der Waals surface area (Å²) in [6.45, 7) is 0.451. The number of aryl methyl sites for hydroxylation is 1. The fourth-order valence-corrected chi connectivity index (χ4v) is 2.99. The quantitative estimate of drug-likeness (QED) is 0.907. The highest BCUT2D eigenvalue weighted by Crippen LogP contribution is 2.32. The minimum Gasteiger partial charge on any atom is -0.380 e. The lowest BCUT2D eigenvalue weighted by molar-refractivity contribution is -0.132. The second kappa shape index (κ2) is 7.04. The third-order valence-electron chi connectivity index (χ3n) is 4.29. The van der Waals surface area contributed by atoms with Crippen molar-refractivity contribution in [3.63, 3.8) is 0 Å². The molecule has 1 saturated heterocycles. The van der Waals surface area contributed by atoms with E-state index in [2.05, 4.69) is 15.2 Å². The Hall–Kier alpha value is -2.35. The summed E-state index contributed by atoms with van der Waals surface area (Å²) in [5.74, 6) is -0.781. The summed E-state index contributed by atoms with van der Waals surface area (Å²) in [6, 6.07) is 3.15. The number of ether oxygens (including phenoxy) is 1. The molecule has 1 aliphatic heterocycles. The van der Waals surface area contributed by atoms with Gasteiger partial charge in [-0.3, -0.25) is 9.89 Å². The van der Waals surface area contributed by atoms with Crippen LogP contribution in [-0.2, 0) is 16.0 Å². The molecule has 1 aliphatic rings.